The first-order valence-electron chi connectivity index (χ1n) is 11.8. The highest BCUT2D eigenvalue weighted by Gasteiger charge is 2.53. The lowest BCUT2D eigenvalue weighted by molar-refractivity contribution is -0.120. The van der Waals surface area contributed by atoms with Crippen LogP contribution in [0.1, 0.15) is 28.4 Å². The molecular formula is C28H23N3O4. The van der Waals surface area contributed by atoms with Gasteiger partial charge in [0.2, 0.25) is 0 Å². The number of nitrogens with zero attached hydrogens (tertiary/aromatic N) is 2. The summed E-state index contributed by atoms with van der Waals surface area (Å²) < 4.78 is 11.3. The number of fused-ring (bicyclic) bond motifs is 5. The molecule has 0 bridgehead atoms. The number of carbonyl (C=O) groups is 2. The lowest BCUT2D eigenvalue weighted by atomic mass is 9.88. The Labute approximate surface area is 201 Å². The van der Waals surface area contributed by atoms with E-state index in [-0.39, 0.29) is 11.9 Å². The molecule has 1 fully saturated rings. The molecule has 2 unspecified atom stereocenters. The number of aromatic amines is 1. The van der Waals surface area contributed by atoms with Gasteiger partial charge in [-0.05, 0) is 36.2 Å². The topological polar surface area (TPSA) is 74.9 Å². The first-order chi connectivity index (χ1) is 17.1. The van der Waals surface area contributed by atoms with Gasteiger partial charge in [-0.25, -0.2) is 9.69 Å². The van der Waals surface area contributed by atoms with Crippen LogP contribution in [0.3, 0.4) is 0 Å². The number of anilines is 1. The Hall–Kier alpha value is -4.26. The van der Waals surface area contributed by atoms with Gasteiger partial charge < -0.3 is 14.5 Å². The Morgan fingerprint density at radius 2 is 1.74 bits per heavy atom. The summed E-state index contributed by atoms with van der Waals surface area (Å²) in [5.74, 6) is 0.946. The summed E-state index contributed by atoms with van der Waals surface area (Å²) in [7, 11) is 0. The fourth-order valence-electron chi connectivity index (χ4n) is 5.67. The van der Waals surface area contributed by atoms with Crippen LogP contribution in [0, 0.1) is 6.92 Å². The second kappa shape index (κ2) is 7.37. The Balaban J connectivity index is 1.38. The Morgan fingerprint density at radius 1 is 0.914 bits per heavy atom. The molecule has 3 aliphatic rings. The molecule has 0 spiro atoms. The highest BCUT2D eigenvalue weighted by Crippen LogP contribution is 2.45. The fraction of sp³-hybridized carbons (Fsp3) is 0.214. The molecule has 7 nitrogen and oxygen atoms in total. The number of rotatable bonds is 2. The molecule has 3 aliphatic heterocycles. The number of carbonyl (C=O) groups excluding carboxylic acids is 2. The summed E-state index contributed by atoms with van der Waals surface area (Å²) in [4.78, 5) is 34.4. The third-order valence-corrected chi connectivity index (χ3v) is 7.19. The van der Waals surface area contributed by atoms with E-state index in [1.54, 1.807) is 23.1 Å². The molecule has 174 valence electrons. The zero-order valence-electron chi connectivity index (χ0n) is 19.2. The summed E-state index contributed by atoms with van der Waals surface area (Å²) in [5, 5.41) is 1.10. The van der Waals surface area contributed by atoms with Crippen molar-refractivity contribution in [2.75, 3.05) is 18.1 Å². The molecule has 0 saturated carbocycles. The monoisotopic (exact) mass is 465 g/mol. The maximum atomic E-state index is 14.0. The number of amides is 3. The largest absolute Gasteiger partial charge is 0.486 e. The Bertz CT molecular complexity index is 1520. The second-order valence-electron chi connectivity index (χ2n) is 9.29. The third kappa shape index (κ3) is 2.91. The van der Waals surface area contributed by atoms with Crippen LogP contribution < -0.4 is 14.4 Å². The molecule has 3 amide bonds. The van der Waals surface area contributed by atoms with Crippen molar-refractivity contribution >= 4 is 28.5 Å². The molecule has 3 aromatic carbocycles. The maximum Gasteiger partial charge on any atom is 0.332 e. The number of urea groups is 1. The van der Waals surface area contributed by atoms with E-state index in [4.69, 9.17) is 9.47 Å². The first-order valence-corrected chi connectivity index (χ1v) is 11.8. The van der Waals surface area contributed by atoms with Gasteiger partial charge in [0, 0.05) is 29.1 Å². The van der Waals surface area contributed by atoms with Crippen LogP contribution in [-0.2, 0) is 11.2 Å². The predicted octanol–water partition coefficient (Wildman–Crippen LogP) is 4.73. The highest BCUT2D eigenvalue weighted by atomic mass is 16.6. The van der Waals surface area contributed by atoms with Crippen molar-refractivity contribution in [3.63, 3.8) is 0 Å². The zero-order valence-corrected chi connectivity index (χ0v) is 19.2. The summed E-state index contributed by atoms with van der Waals surface area (Å²) in [6.07, 6.45) is 0.466. The van der Waals surface area contributed by atoms with Crippen molar-refractivity contribution in [3.05, 3.63) is 89.1 Å². The number of hydrogen-bond donors (Lipinski definition) is 1. The predicted molar refractivity (Wildman–Crippen MR) is 131 cm³/mol. The van der Waals surface area contributed by atoms with Gasteiger partial charge in [0.15, 0.2) is 11.5 Å². The van der Waals surface area contributed by atoms with Crippen molar-refractivity contribution in [3.8, 4) is 11.5 Å². The molecular weight excluding hydrogens is 442 g/mol. The number of para-hydroxylation sites is 1. The van der Waals surface area contributed by atoms with Gasteiger partial charge in [0.1, 0.15) is 25.3 Å². The molecule has 7 heteroatoms. The third-order valence-electron chi connectivity index (χ3n) is 7.19. The second-order valence-corrected chi connectivity index (χ2v) is 9.29. The van der Waals surface area contributed by atoms with E-state index in [1.807, 2.05) is 43.3 Å². The lowest BCUT2D eigenvalue weighted by Crippen LogP contribution is -2.44. The van der Waals surface area contributed by atoms with E-state index in [0.29, 0.717) is 36.8 Å². The molecule has 7 rings (SSSR count). The molecule has 0 radical (unpaired) electrons. The summed E-state index contributed by atoms with van der Waals surface area (Å²) >= 11 is 0. The SMILES string of the molecule is Cc1cccc(C2c3[nH]c4ccccc4c3CC3C(=O)N(c4ccc5c(c4)OCCO5)C(=O)N32)c1. The number of hydrogen-bond acceptors (Lipinski definition) is 4. The van der Waals surface area contributed by atoms with Crippen molar-refractivity contribution in [2.24, 2.45) is 0 Å². The van der Waals surface area contributed by atoms with Crippen molar-refractivity contribution in [1.29, 1.82) is 0 Å². The average molecular weight is 466 g/mol. The smallest absolute Gasteiger partial charge is 0.332 e. The first kappa shape index (κ1) is 20.1. The summed E-state index contributed by atoms with van der Waals surface area (Å²) in [6.45, 7) is 2.95. The minimum atomic E-state index is -0.590. The molecule has 0 aliphatic carbocycles. The van der Waals surface area contributed by atoms with Gasteiger partial charge in [0.05, 0.1) is 5.69 Å². The lowest BCUT2D eigenvalue weighted by Gasteiger charge is -2.36. The molecule has 4 heterocycles. The number of ether oxygens (including phenoxy) is 2. The standard InChI is InChI=1S/C28H23N3O4/c1-16-5-4-6-17(13-16)26-25-20(19-7-2-3-8-21(19)29-25)15-22-27(32)30(28(33)31(22)26)18-9-10-23-24(14-18)35-12-11-34-23/h2-10,13-14,22,26,29H,11-12,15H2,1H3. The fourth-order valence-corrected chi connectivity index (χ4v) is 5.67. The minimum absolute atomic E-state index is 0.222. The minimum Gasteiger partial charge on any atom is -0.486 e. The molecule has 1 saturated heterocycles. The number of aryl methyl sites for hydroxylation is 1. The van der Waals surface area contributed by atoms with Gasteiger partial charge in [-0.3, -0.25) is 9.69 Å². The quantitative estimate of drug-likeness (QED) is 0.435. The number of benzene rings is 3. The van der Waals surface area contributed by atoms with Crippen molar-refractivity contribution in [1.82, 2.24) is 9.88 Å². The van der Waals surface area contributed by atoms with Gasteiger partial charge >= 0.3 is 6.03 Å². The van der Waals surface area contributed by atoms with Crippen molar-refractivity contribution in [2.45, 2.75) is 25.4 Å². The summed E-state index contributed by atoms with van der Waals surface area (Å²) in [5.41, 5.74) is 5.66. The summed E-state index contributed by atoms with van der Waals surface area (Å²) in [6, 6.07) is 20.2. The molecule has 1 aromatic heterocycles. The van der Waals surface area contributed by atoms with Crippen molar-refractivity contribution < 1.29 is 19.1 Å². The van der Waals surface area contributed by atoms with Crippen LogP contribution in [0.25, 0.3) is 10.9 Å². The average Bonchev–Trinajstić information content (AvgIpc) is 3.37. The number of aromatic nitrogens is 1. The van der Waals surface area contributed by atoms with Crippen LogP contribution in [-0.4, -0.2) is 41.1 Å². The molecule has 2 atom stereocenters. The Morgan fingerprint density at radius 3 is 2.60 bits per heavy atom. The maximum absolute atomic E-state index is 14.0. The van der Waals surface area contributed by atoms with E-state index >= 15 is 0 Å². The Kier molecular flexibility index (Phi) is 4.24. The molecule has 1 N–H and O–H groups in total. The van der Waals surface area contributed by atoms with E-state index in [2.05, 4.69) is 17.1 Å². The van der Waals surface area contributed by atoms with Gasteiger partial charge in [-0.2, -0.15) is 0 Å². The van der Waals surface area contributed by atoms with E-state index in [1.165, 1.54) is 4.90 Å². The van der Waals surface area contributed by atoms with Crippen LogP contribution in [0.2, 0.25) is 0 Å². The van der Waals surface area contributed by atoms with E-state index < -0.39 is 12.1 Å². The van der Waals surface area contributed by atoms with Gasteiger partial charge in [-0.1, -0.05) is 48.0 Å². The van der Waals surface area contributed by atoms with Crippen LogP contribution in [0.15, 0.2) is 66.7 Å². The van der Waals surface area contributed by atoms with Crippen LogP contribution in [0.5, 0.6) is 11.5 Å². The number of nitrogens with one attached hydrogen (secondary N) is 1. The molecule has 35 heavy (non-hydrogen) atoms. The highest BCUT2D eigenvalue weighted by molar-refractivity contribution is 6.22. The normalized spacial score (nSPS) is 20.8. The number of H-pyrrole nitrogens is 1. The van der Waals surface area contributed by atoms with Crippen LogP contribution >= 0.6 is 0 Å². The van der Waals surface area contributed by atoms with Gasteiger partial charge in [0.25, 0.3) is 5.91 Å². The molecule has 4 aromatic rings. The van der Waals surface area contributed by atoms with E-state index in [9.17, 15) is 9.59 Å². The van der Waals surface area contributed by atoms with Crippen LogP contribution in [0.4, 0.5) is 10.5 Å². The zero-order chi connectivity index (χ0) is 23.7. The number of imide groups is 1. The van der Waals surface area contributed by atoms with Gasteiger partial charge in [-0.15, -0.1) is 0 Å². The van der Waals surface area contributed by atoms with E-state index in [0.717, 1.165) is 33.3 Å².